The molecule has 0 saturated carbocycles. The molecule has 0 radical (unpaired) electrons. The van der Waals surface area contributed by atoms with Gasteiger partial charge in [0.25, 0.3) is 0 Å². The van der Waals surface area contributed by atoms with E-state index in [1.165, 1.54) is 0 Å². The maximum Gasteiger partial charge on any atom is 3.00 e. The first-order valence-electron chi connectivity index (χ1n) is 0.651. The first-order chi connectivity index (χ1) is 1.73. The molecule has 0 aliphatic carbocycles. The van der Waals surface area contributed by atoms with Gasteiger partial charge in [-0.1, -0.05) is 0 Å². The summed E-state index contributed by atoms with van der Waals surface area (Å²) in [6.45, 7) is 0. The summed E-state index contributed by atoms with van der Waals surface area (Å²) in [6, 6.07) is 0. The van der Waals surface area contributed by atoms with Gasteiger partial charge in [-0.15, -0.1) is 0 Å². The van der Waals surface area contributed by atoms with Gasteiger partial charge >= 0.3 is 45.1 Å². The molecular weight excluding hydrogens is 171 g/mol. The van der Waals surface area contributed by atoms with Crippen molar-refractivity contribution < 1.29 is 33.8 Å². The van der Waals surface area contributed by atoms with E-state index in [-0.39, 0.29) is 36.8 Å². The van der Waals surface area contributed by atoms with Crippen LogP contribution in [0.1, 0.15) is 0 Å². The van der Waals surface area contributed by atoms with Crippen LogP contribution < -0.4 is 0 Å². The fraction of sp³-hybridized carbons (Fsp3) is 0. The SMILES string of the molecule is O=[PH](O)O.[Al+3].[Zn+2]. The summed E-state index contributed by atoms with van der Waals surface area (Å²) in [7, 11) is -3.13. The molecule has 0 heterocycles. The van der Waals surface area contributed by atoms with Crippen molar-refractivity contribution in [3.05, 3.63) is 0 Å². The molecule has 0 amide bonds. The van der Waals surface area contributed by atoms with Gasteiger partial charge in [0.05, 0.1) is 0 Å². The minimum Gasteiger partial charge on any atom is -0.326 e. The van der Waals surface area contributed by atoms with Crippen molar-refractivity contribution in [2.45, 2.75) is 0 Å². The van der Waals surface area contributed by atoms with Crippen LogP contribution in [0.5, 0.6) is 0 Å². The largest absolute Gasteiger partial charge is 3.00 e. The van der Waals surface area contributed by atoms with Crippen LogP contribution in [0.25, 0.3) is 0 Å². The molecule has 0 saturated heterocycles. The Morgan fingerprint density at radius 1 is 1.33 bits per heavy atom. The monoisotopic (exact) mass is 173 g/mol. The molecule has 26 valence electrons. The van der Waals surface area contributed by atoms with Gasteiger partial charge in [0, 0.05) is 0 Å². The molecule has 0 spiro atoms. The van der Waals surface area contributed by atoms with Crippen LogP contribution in [0.15, 0.2) is 0 Å². The molecule has 0 aliphatic rings. The van der Waals surface area contributed by atoms with E-state index in [9.17, 15) is 0 Å². The predicted molar refractivity (Wildman–Crippen MR) is 19.2 cm³/mol. The molecule has 0 aromatic heterocycles. The standard InChI is InChI=1S/Al.H3O3P.Zn/c;1-4(2)3;/h;4H,(H2,1,2,3);/q+3;;+2. The van der Waals surface area contributed by atoms with Gasteiger partial charge < -0.3 is 9.79 Å². The summed E-state index contributed by atoms with van der Waals surface area (Å²) < 4.78 is 8.74. The molecule has 3 nitrogen and oxygen atoms in total. The maximum atomic E-state index is 8.74. The summed E-state index contributed by atoms with van der Waals surface area (Å²) in [6.07, 6.45) is 0. The summed E-state index contributed by atoms with van der Waals surface area (Å²) in [5.74, 6) is 0. The van der Waals surface area contributed by atoms with E-state index in [1.807, 2.05) is 0 Å². The van der Waals surface area contributed by atoms with Gasteiger partial charge in [0.15, 0.2) is 0 Å². The average molecular weight is 174 g/mol. The quantitative estimate of drug-likeness (QED) is 0.365. The minimum atomic E-state index is -3.13. The number of hydrogen-bond donors (Lipinski definition) is 2. The number of hydrogen-bond acceptors (Lipinski definition) is 1. The Hall–Kier alpha value is 1.31. The van der Waals surface area contributed by atoms with Gasteiger partial charge in [-0.25, -0.2) is 0 Å². The summed E-state index contributed by atoms with van der Waals surface area (Å²) >= 11 is 0. The Morgan fingerprint density at radius 3 is 1.33 bits per heavy atom. The molecule has 0 rings (SSSR count). The zero-order valence-electron chi connectivity index (χ0n) is 3.09. The first-order valence-corrected chi connectivity index (χ1v) is 1.95. The predicted octanol–water partition coefficient (Wildman–Crippen LogP) is -1.02. The van der Waals surface area contributed by atoms with Crippen molar-refractivity contribution in [1.82, 2.24) is 0 Å². The van der Waals surface area contributed by atoms with E-state index < -0.39 is 8.25 Å². The molecule has 0 fully saturated rings. The molecule has 0 atom stereocenters. The zero-order valence-corrected chi connectivity index (χ0v) is 8.21. The van der Waals surface area contributed by atoms with Crippen molar-refractivity contribution in [2.24, 2.45) is 0 Å². The van der Waals surface area contributed by atoms with Crippen molar-refractivity contribution in [3.63, 3.8) is 0 Å². The van der Waals surface area contributed by atoms with Crippen LogP contribution in [0.3, 0.4) is 0 Å². The van der Waals surface area contributed by atoms with E-state index in [0.717, 1.165) is 0 Å². The van der Waals surface area contributed by atoms with E-state index in [0.29, 0.717) is 0 Å². The van der Waals surface area contributed by atoms with Crippen molar-refractivity contribution in [2.75, 3.05) is 0 Å². The molecule has 0 bridgehead atoms. The van der Waals surface area contributed by atoms with Crippen LogP contribution in [0.4, 0.5) is 0 Å². The minimum absolute atomic E-state index is 0. The Kier molecular flexibility index (Phi) is 25.0. The van der Waals surface area contributed by atoms with Crippen LogP contribution in [0.2, 0.25) is 0 Å². The average Bonchev–Trinajstić information content (AvgIpc) is 0.811. The van der Waals surface area contributed by atoms with Crippen LogP contribution in [-0.4, -0.2) is 27.1 Å². The third kappa shape index (κ3) is 57.7. The molecule has 0 unspecified atom stereocenters. The summed E-state index contributed by atoms with van der Waals surface area (Å²) in [5.41, 5.74) is 0. The molecular formula is H3AlO3PZn+5. The van der Waals surface area contributed by atoms with Gasteiger partial charge in [0.2, 0.25) is 0 Å². The first kappa shape index (κ1) is 15.7. The maximum absolute atomic E-state index is 8.74. The van der Waals surface area contributed by atoms with Gasteiger partial charge in [-0.2, -0.15) is 0 Å². The third-order valence-corrected chi connectivity index (χ3v) is 0. The molecule has 0 aromatic carbocycles. The molecule has 0 aromatic rings. The molecule has 6 heteroatoms. The van der Waals surface area contributed by atoms with E-state index in [4.69, 9.17) is 14.4 Å². The zero-order chi connectivity index (χ0) is 3.58. The Balaban J connectivity index is -0.0000000450. The smallest absolute Gasteiger partial charge is 0.326 e. The van der Waals surface area contributed by atoms with Gasteiger partial charge in [-0.05, 0) is 0 Å². The Labute approximate surface area is 59.6 Å². The van der Waals surface area contributed by atoms with E-state index in [2.05, 4.69) is 0 Å². The molecule has 2 N–H and O–H groups in total. The normalized spacial score (nSPS) is 5.83. The van der Waals surface area contributed by atoms with Gasteiger partial charge in [0.1, 0.15) is 0 Å². The Bertz CT molecular complexity index is 33.8. The van der Waals surface area contributed by atoms with E-state index in [1.54, 1.807) is 0 Å². The van der Waals surface area contributed by atoms with Crippen LogP contribution in [-0.2, 0) is 24.0 Å². The fourth-order valence-corrected chi connectivity index (χ4v) is 0. The third-order valence-electron chi connectivity index (χ3n) is 0. The summed E-state index contributed by atoms with van der Waals surface area (Å²) in [5, 5.41) is 0. The van der Waals surface area contributed by atoms with Gasteiger partial charge in [-0.3, -0.25) is 4.57 Å². The van der Waals surface area contributed by atoms with Crippen molar-refractivity contribution >= 4 is 25.6 Å². The second-order valence-electron chi connectivity index (χ2n) is 0.283. The second kappa shape index (κ2) is 9.57. The van der Waals surface area contributed by atoms with Crippen LogP contribution >= 0.6 is 8.25 Å². The topological polar surface area (TPSA) is 57.5 Å². The number of rotatable bonds is 0. The summed E-state index contributed by atoms with van der Waals surface area (Å²) in [4.78, 5) is 14.3. The second-order valence-corrected chi connectivity index (χ2v) is 0.848. The molecule has 0 aliphatic heterocycles. The fourth-order valence-electron chi connectivity index (χ4n) is 0. The van der Waals surface area contributed by atoms with Crippen LogP contribution in [0, 0.1) is 0 Å². The van der Waals surface area contributed by atoms with E-state index >= 15 is 0 Å². The van der Waals surface area contributed by atoms with Crippen molar-refractivity contribution in [1.29, 1.82) is 0 Å². The van der Waals surface area contributed by atoms with Crippen molar-refractivity contribution in [3.8, 4) is 0 Å². The Morgan fingerprint density at radius 2 is 1.33 bits per heavy atom. The molecule has 6 heavy (non-hydrogen) atoms.